The fraction of sp³-hybridized carbons (Fsp3) is 0.533. The van der Waals surface area contributed by atoms with Gasteiger partial charge in [0.2, 0.25) is 5.91 Å². The van der Waals surface area contributed by atoms with Crippen LogP contribution in [0.25, 0.3) is 0 Å². The van der Waals surface area contributed by atoms with E-state index in [0.717, 1.165) is 43.2 Å². The topological polar surface area (TPSA) is 66.8 Å². The summed E-state index contributed by atoms with van der Waals surface area (Å²) in [6.45, 7) is 11.9. The maximum atomic E-state index is 13.9. The Hall–Kier alpha value is -2.51. The van der Waals surface area contributed by atoms with E-state index >= 15 is 0 Å². The van der Waals surface area contributed by atoms with Crippen molar-refractivity contribution in [2.24, 2.45) is 0 Å². The number of rotatable bonds is 12. The molecule has 2 aromatic rings. The summed E-state index contributed by atoms with van der Waals surface area (Å²) in [6.07, 6.45) is 5.41. The van der Waals surface area contributed by atoms with Gasteiger partial charge in [0, 0.05) is 25.1 Å². The lowest BCUT2D eigenvalue weighted by molar-refractivity contribution is -0.129. The van der Waals surface area contributed by atoms with Crippen molar-refractivity contribution in [3.63, 3.8) is 0 Å². The summed E-state index contributed by atoms with van der Waals surface area (Å²) in [5, 5.41) is 9.15. The molecule has 1 N–H and O–H groups in total. The SMILES string of the molecule is CC(C)(C)[Si](C)(C)OC(CCC1CCC(=O)N1CCCc1ccc(C(=O)O)cc1)Cc1cccc(F)c1. The average Bonchev–Trinajstić information content (AvgIpc) is 3.16. The van der Waals surface area contributed by atoms with Gasteiger partial charge in [-0.05, 0) is 92.0 Å². The maximum absolute atomic E-state index is 13.9. The molecule has 1 heterocycles. The lowest BCUT2D eigenvalue weighted by Crippen LogP contribution is -2.45. The third-order valence-electron chi connectivity index (χ3n) is 7.96. The molecule has 0 spiro atoms. The number of carboxylic acids is 1. The number of nitrogens with zero attached hydrogens (tertiary/aromatic N) is 1. The van der Waals surface area contributed by atoms with Gasteiger partial charge in [-0.15, -0.1) is 0 Å². The van der Waals surface area contributed by atoms with E-state index in [0.29, 0.717) is 19.4 Å². The fourth-order valence-corrected chi connectivity index (χ4v) is 6.16. The van der Waals surface area contributed by atoms with Gasteiger partial charge < -0.3 is 14.4 Å². The minimum atomic E-state index is -2.02. The molecule has 0 radical (unpaired) electrons. The standard InChI is InChI=1S/C30H42FNO4Si/c1-30(2,3)37(4,5)36-27(21-23-8-6-10-25(31)20-23)17-15-26-16-18-28(33)32(26)19-7-9-22-11-13-24(14-12-22)29(34)35/h6,8,10-14,20,26-27H,7,9,15-19,21H2,1-5H3,(H,34,35). The van der Waals surface area contributed by atoms with Crippen LogP contribution >= 0.6 is 0 Å². The number of hydrogen-bond donors (Lipinski definition) is 1. The molecule has 2 aromatic carbocycles. The van der Waals surface area contributed by atoms with E-state index in [1.54, 1.807) is 24.3 Å². The maximum Gasteiger partial charge on any atom is 0.335 e. The van der Waals surface area contributed by atoms with E-state index < -0.39 is 14.3 Å². The number of benzene rings is 2. The van der Waals surface area contributed by atoms with Crippen molar-refractivity contribution >= 4 is 20.2 Å². The predicted octanol–water partition coefficient (Wildman–Crippen LogP) is 6.86. The molecule has 3 rings (SSSR count). The Morgan fingerprint density at radius 1 is 1.16 bits per heavy atom. The first-order chi connectivity index (χ1) is 17.4. The molecule has 1 saturated heterocycles. The van der Waals surface area contributed by atoms with Crippen molar-refractivity contribution in [1.82, 2.24) is 4.90 Å². The van der Waals surface area contributed by atoms with Gasteiger partial charge in [0.1, 0.15) is 5.82 Å². The van der Waals surface area contributed by atoms with Gasteiger partial charge >= 0.3 is 5.97 Å². The molecule has 0 aliphatic carbocycles. The number of amides is 1. The van der Waals surface area contributed by atoms with Crippen molar-refractivity contribution < 1.29 is 23.5 Å². The molecule has 1 amide bonds. The molecule has 0 aromatic heterocycles. The number of halogens is 1. The fourth-order valence-electron chi connectivity index (χ4n) is 4.77. The third kappa shape index (κ3) is 8.24. The van der Waals surface area contributed by atoms with Gasteiger partial charge in [0.25, 0.3) is 0 Å². The van der Waals surface area contributed by atoms with E-state index in [2.05, 4.69) is 33.9 Å². The van der Waals surface area contributed by atoms with Crippen molar-refractivity contribution in [2.45, 2.75) is 96.0 Å². The van der Waals surface area contributed by atoms with E-state index in [9.17, 15) is 14.0 Å². The molecule has 202 valence electrons. The zero-order valence-corrected chi connectivity index (χ0v) is 23.9. The Balaban J connectivity index is 1.61. The highest BCUT2D eigenvalue weighted by Gasteiger charge is 2.39. The summed E-state index contributed by atoms with van der Waals surface area (Å²) in [5.74, 6) is -0.947. The van der Waals surface area contributed by atoms with Gasteiger partial charge in [-0.3, -0.25) is 4.79 Å². The summed E-state index contributed by atoms with van der Waals surface area (Å²) in [4.78, 5) is 25.8. The number of carbonyl (C=O) groups excluding carboxylic acids is 1. The van der Waals surface area contributed by atoms with E-state index in [1.807, 2.05) is 23.1 Å². The van der Waals surface area contributed by atoms with Gasteiger partial charge in [0.15, 0.2) is 8.32 Å². The second-order valence-corrected chi connectivity index (χ2v) is 16.6. The highest BCUT2D eigenvalue weighted by Crippen LogP contribution is 2.38. The number of likely N-dealkylation sites (tertiary alicyclic amines) is 1. The molecule has 0 bridgehead atoms. The van der Waals surface area contributed by atoms with Crippen LogP contribution in [0.1, 0.15) is 74.4 Å². The molecule has 1 aliphatic rings. The number of hydrogen-bond acceptors (Lipinski definition) is 3. The Morgan fingerprint density at radius 2 is 1.86 bits per heavy atom. The molecule has 1 aliphatic heterocycles. The first-order valence-corrected chi connectivity index (χ1v) is 16.3. The molecular formula is C30H42FNO4Si. The van der Waals surface area contributed by atoms with Crippen LogP contribution in [0.15, 0.2) is 48.5 Å². The Labute approximate surface area is 222 Å². The minimum absolute atomic E-state index is 0.0204. The quantitative estimate of drug-likeness (QED) is 0.306. The molecule has 0 saturated carbocycles. The van der Waals surface area contributed by atoms with E-state index in [4.69, 9.17) is 9.53 Å². The van der Waals surface area contributed by atoms with Crippen LogP contribution in [0.4, 0.5) is 4.39 Å². The minimum Gasteiger partial charge on any atom is -0.478 e. The van der Waals surface area contributed by atoms with Crippen molar-refractivity contribution in [1.29, 1.82) is 0 Å². The van der Waals surface area contributed by atoms with Crippen LogP contribution in [-0.2, 0) is 22.1 Å². The second kappa shape index (κ2) is 12.4. The Bertz CT molecular complexity index is 1060. The summed E-state index contributed by atoms with van der Waals surface area (Å²) in [6, 6.07) is 13.9. The van der Waals surface area contributed by atoms with Crippen molar-refractivity contribution in [3.8, 4) is 0 Å². The summed E-state index contributed by atoms with van der Waals surface area (Å²) < 4.78 is 20.7. The summed E-state index contributed by atoms with van der Waals surface area (Å²) in [7, 11) is -2.02. The summed E-state index contributed by atoms with van der Waals surface area (Å²) >= 11 is 0. The molecule has 37 heavy (non-hydrogen) atoms. The number of carbonyl (C=O) groups is 2. The molecular weight excluding hydrogens is 485 g/mol. The molecule has 1 fully saturated rings. The number of aryl methyl sites for hydroxylation is 1. The molecule has 7 heteroatoms. The van der Waals surface area contributed by atoms with Gasteiger partial charge in [-0.2, -0.15) is 0 Å². The second-order valence-electron chi connectivity index (χ2n) is 11.8. The highest BCUT2D eigenvalue weighted by molar-refractivity contribution is 6.74. The van der Waals surface area contributed by atoms with Crippen molar-refractivity contribution in [2.75, 3.05) is 6.54 Å². The van der Waals surface area contributed by atoms with Crippen LogP contribution in [0.5, 0.6) is 0 Å². The number of aromatic carboxylic acids is 1. The zero-order chi connectivity index (χ0) is 27.2. The Morgan fingerprint density at radius 3 is 2.49 bits per heavy atom. The van der Waals surface area contributed by atoms with Crippen molar-refractivity contribution in [3.05, 3.63) is 71.0 Å². The molecule has 2 unspecified atom stereocenters. The lowest BCUT2D eigenvalue weighted by atomic mass is 10.00. The van der Waals surface area contributed by atoms with Crippen LogP contribution in [0, 0.1) is 5.82 Å². The van der Waals surface area contributed by atoms with Crippen LogP contribution in [0.2, 0.25) is 18.1 Å². The summed E-state index contributed by atoms with van der Waals surface area (Å²) in [5.41, 5.74) is 2.30. The highest BCUT2D eigenvalue weighted by atomic mass is 28.4. The Kier molecular flexibility index (Phi) is 9.70. The van der Waals surface area contributed by atoms with Crippen LogP contribution < -0.4 is 0 Å². The van der Waals surface area contributed by atoms with Crippen LogP contribution in [-0.4, -0.2) is 48.9 Å². The normalized spacial score (nSPS) is 17.3. The van der Waals surface area contributed by atoms with Crippen LogP contribution in [0.3, 0.4) is 0 Å². The van der Waals surface area contributed by atoms with Gasteiger partial charge in [-0.1, -0.05) is 45.0 Å². The predicted molar refractivity (Wildman–Crippen MR) is 148 cm³/mol. The number of carboxylic acid groups (broad SMARTS) is 1. The average molecular weight is 528 g/mol. The molecule has 5 nitrogen and oxygen atoms in total. The first-order valence-electron chi connectivity index (χ1n) is 13.4. The van der Waals surface area contributed by atoms with E-state index in [1.165, 1.54) is 6.07 Å². The largest absolute Gasteiger partial charge is 0.478 e. The third-order valence-corrected chi connectivity index (χ3v) is 12.5. The van der Waals surface area contributed by atoms with Gasteiger partial charge in [0.05, 0.1) is 5.56 Å². The van der Waals surface area contributed by atoms with E-state index in [-0.39, 0.29) is 34.5 Å². The smallest absolute Gasteiger partial charge is 0.335 e. The first kappa shape index (κ1) is 29.0. The van der Waals surface area contributed by atoms with Gasteiger partial charge in [-0.25, -0.2) is 9.18 Å². The lowest BCUT2D eigenvalue weighted by Gasteiger charge is -2.40. The monoisotopic (exact) mass is 527 g/mol. The zero-order valence-electron chi connectivity index (χ0n) is 22.9. The molecule has 2 atom stereocenters.